The average molecular weight is 467 g/mol. The first-order valence-electron chi connectivity index (χ1n) is 8.28. The fraction of sp³-hybridized carbons (Fsp3) is 0.263. The molecule has 0 bridgehead atoms. The number of hydrogen-bond acceptors (Lipinski definition) is 2. The molecule has 0 aliphatic carbocycles. The predicted octanol–water partition coefficient (Wildman–Crippen LogP) is 3.54. The topological polar surface area (TPSA) is 65.1 Å². The highest BCUT2D eigenvalue weighted by molar-refractivity contribution is 14.0. The van der Waals surface area contributed by atoms with Crippen molar-refractivity contribution in [3.05, 3.63) is 65.4 Å². The van der Waals surface area contributed by atoms with Crippen LogP contribution in [0.3, 0.4) is 0 Å². The highest BCUT2D eigenvalue weighted by Gasteiger charge is 2.06. The van der Waals surface area contributed by atoms with Crippen LogP contribution in [0.2, 0.25) is 0 Å². The van der Waals surface area contributed by atoms with Crippen LogP contribution in [0.1, 0.15) is 16.8 Å². The highest BCUT2D eigenvalue weighted by atomic mass is 127. The van der Waals surface area contributed by atoms with E-state index in [4.69, 9.17) is 0 Å². The predicted molar refractivity (Wildman–Crippen MR) is 115 cm³/mol. The molecule has 0 aliphatic heterocycles. The number of aromatic amines is 1. The van der Waals surface area contributed by atoms with Crippen molar-refractivity contribution in [2.75, 3.05) is 13.6 Å². The van der Waals surface area contributed by atoms with E-state index in [0.717, 1.165) is 46.6 Å². The first-order chi connectivity index (χ1) is 12.2. The third kappa shape index (κ3) is 4.94. The zero-order valence-electron chi connectivity index (χ0n) is 14.8. The second kappa shape index (κ2) is 9.51. The van der Waals surface area contributed by atoms with Crippen LogP contribution in [-0.2, 0) is 13.0 Å². The van der Waals surface area contributed by atoms with Crippen molar-refractivity contribution >= 4 is 40.8 Å². The third-order valence-corrected chi connectivity index (χ3v) is 4.18. The molecule has 3 aromatic rings. The first-order valence-corrected chi connectivity index (χ1v) is 8.28. The summed E-state index contributed by atoms with van der Waals surface area (Å²) in [4.78, 5) is 11.7. The van der Waals surface area contributed by atoms with E-state index in [0.29, 0.717) is 6.54 Å². The molecule has 26 heavy (non-hydrogen) atoms. The van der Waals surface area contributed by atoms with Crippen LogP contribution < -0.4 is 10.6 Å². The normalized spacial score (nSPS) is 11.3. The largest absolute Gasteiger partial charge is 0.361 e. The van der Waals surface area contributed by atoms with E-state index in [2.05, 4.69) is 25.6 Å². The Hall–Kier alpha value is -2.16. The zero-order chi connectivity index (χ0) is 17.6. The minimum absolute atomic E-state index is 0. The minimum Gasteiger partial charge on any atom is -0.361 e. The number of aryl methyl sites for hydroxylation is 1. The number of H-pyrrole nitrogens is 1. The molecule has 138 valence electrons. The maximum Gasteiger partial charge on any atom is 0.191 e. The number of pyridine rings is 1. The van der Waals surface area contributed by atoms with Gasteiger partial charge in [0.1, 0.15) is 5.82 Å². The summed E-state index contributed by atoms with van der Waals surface area (Å²) in [5.74, 6) is 0.504. The summed E-state index contributed by atoms with van der Waals surface area (Å²) in [5, 5.41) is 7.62. The summed E-state index contributed by atoms with van der Waals surface area (Å²) in [6.45, 7) is 3.39. The molecule has 2 heterocycles. The molecular weight excluding hydrogens is 444 g/mol. The second-order valence-electron chi connectivity index (χ2n) is 5.87. The Morgan fingerprint density at radius 3 is 2.88 bits per heavy atom. The molecule has 3 rings (SSSR count). The first kappa shape index (κ1) is 20.2. The number of nitrogens with zero attached hydrogens (tertiary/aromatic N) is 2. The number of fused-ring (bicyclic) bond motifs is 1. The van der Waals surface area contributed by atoms with Gasteiger partial charge in [0.05, 0.1) is 12.2 Å². The van der Waals surface area contributed by atoms with Crippen LogP contribution in [0.15, 0.2) is 47.7 Å². The van der Waals surface area contributed by atoms with Crippen molar-refractivity contribution in [3.63, 3.8) is 0 Å². The average Bonchev–Trinajstić information content (AvgIpc) is 3.01. The lowest BCUT2D eigenvalue weighted by atomic mass is 10.1. The van der Waals surface area contributed by atoms with Gasteiger partial charge in [0.15, 0.2) is 5.96 Å². The molecule has 0 aliphatic rings. The van der Waals surface area contributed by atoms with Crippen molar-refractivity contribution in [1.29, 1.82) is 0 Å². The van der Waals surface area contributed by atoms with Crippen molar-refractivity contribution in [2.45, 2.75) is 19.9 Å². The van der Waals surface area contributed by atoms with Crippen LogP contribution >= 0.6 is 24.0 Å². The van der Waals surface area contributed by atoms with E-state index in [-0.39, 0.29) is 29.8 Å². The Kier molecular flexibility index (Phi) is 7.38. The molecule has 0 amide bonds. The van der Waals surface area contributed by atoms with Gasteiger partial charge in [-0.2, -0.15) is 0 Å². The molecule has 2 aromatic heterocycles. The number of halogens is 2. The van der Waals surface area contributed by atoms with Crippen molar-refractivity contribution < 1.29 is 4.39 Å². The molecule has 7 heteroatoms. The minimum atomic E-state index is -0.228. The number of hydrogen-bond donors (Lipinski definition) is 3. The quantitative estimate of drug-likeness (QED) is 0.306. The number of aromatic nitrogens is 2. The van der Waals surface area contributed by atoms with Crippen LogP contribution in [0.4, 0.5) is 4.39 Å². The molecular formula is C19H23FIN5. The Morgan fingerprint density at radius 1 is 1.27 bits per heavy atom. The molecule has 0 saturated heterocycles. The van der Waals surface area contributed by atoms with Gasteiger partial charge in [0, 0.05) is 36.9 Å². The Bertz CT molecular complexity index is 891. The lowest BCUT2D eigenvalue weighted by Gasteiger charge is -2.12. The van der Waals surface area contributed by atoms with Gasteiger partial charge in [0.2, 0.25) is 0 Å². The number of nitrogens with one attached hydrogen (secondary N) is 3. The summed E-state index contributed by atoms with van der Waals surface area (Å²) in [7, 11) is 1.75. The fourth-order valence-electron chi connectivity index (χ4n) is 2.77. The number of rotatable bonds is 5. The highest BCUT2D eigenvalue weighted by Crippen LogP contribution is 2.19. The van der Waals surface area contributed by atoms with Gasteiger partial charge in [-0.05, 0) is 48.7 Å². The molecule has 3 N–H and O–H groups in total. The summed E-state index contributed by atoms with van der Waals surface area (Å²) in [6.07, 6.45) is 4.54. The smallest absolute Gasteiger partial charge is 0.191 e. The maximum absolute atomic E-state index is 13.2. The van der Waals surface area contributed by atoms with E-state index in [1.54, 1.807) is 13.2 Å². The van der Waals surface area contributed by atoms with Crippen molar-refractivity contribution in [1.82, 2.24) is 20.6 Å². The van der Waals surface area contributed by atoms with E-state index < -0.39 is 0 Å². The van der Waals surface area contributed by atoms with Gasteiger partial charge in [-0.15, -0.1) is 24.0 Å². The maximum atomic E-state index is 13.2. The molecule has 0 atom stereocenters. The molecule has 1 aromatic carbocycles. The van der Waals surface area contributed by atoms with E-state index >= 15 is 0 Å². The van der Waals surface area contributed by atoms with E-state index in [1.165, 1.54) is 12.1 Å². The van der Waals surface area contributed by atoms with Gasteiger partial charge >= 0.3 is 0 Å². The zero-order valence-corrected chi connectivity index (χ0v) is 17.2. The SMILES string of the molecule is CN=C(NCCc1c[nH]c2cc(F)ccc12)NCc1ncccc1C.I. The van der Waals surface area contributed by atoms with Crippen LogP contribution in [0.25, 0.3) is 10.9 Å². The molecule has 5 nitrogen and oxygen atoms in total. The Balaban J connectivity index is 0.00000243. The Labute approximate surface area is 169 Å². The standard InChI is InChI=1S/C19H22FN5.HI/c1-13-4-3-8-22-18(13)12-25-19(21-2)23-9-7-14-11-24-17-10-15(20)5-6-16(14)17;/h3-6,8,10-11,24H,7,9,12H2,1-2H3,(H2,21,23,25);1H. The summed E-state index contributed by atoms with van der Waals surface area (Å²) in [5.41, 5.74) is 4.13. The van der Waals surface area contributed by atoms with Gasteiger partial charge < -0.3 is 15.6 Å². The van der Waals surface area contributed by atoms with Crippen LogP contribution in [0, 0.1) is 12.7 Å². The van der Waals surface area contributed by atoms with Crippen LogP contribution in [0.5, 0.6) is 0 Å². The van der Waals surface area contributed by atoms with Gasteiger partial charge in [-0.1, -0.05) is 6.07 Å². The fourth-order valence-corrected chi connectivity index (χ4v) is 2.77. The number of guanidine groups is 1. The third-order valence-electron chi connectivity index (χ3n) is 4.18. The molecule has 0 radical (unpaired) electrons. The lowest BCUT2D eigenvalue weighted by molar-refractivity contribution is 0.629. The van der Waals surface area contributed by atoms with E-state index in [9.17, 15) is 4.39 Å². The lowest BCUT2D eigenvalue weighted by Crippen LogP contribution is -2.38. The van der Waals surface area contributed by atoms with Gasteiger partial charge in [-0.25, -0.2) is 4.39 Å². The summed E-state index contributed by atoms with van der Waals surface area (Å²) >= 11 is 0. The van der Waals surface area contributed by atoms with Gasteiger partial charge in [0.25, 0.3) is 0 Å². The van der Waals surface area contributed by atoms with Gasteiger partial charge in [-0.3, -0.25) is 9.98 Å². The molecule has 0 unspecified atom stereocenters. The Morgan fingerprint density at radius 2 is 2.12 bits per heavy atom. The number of benzene rings is 1. The van der Waals surface area contributed by atoms with Crippen molar-refractivity contribution in [3.8, 4) is 0 Å². The van der Waals surface area contributed by atoms with E-state index in [1.807, 2.05) is 31.3 Å². The van der Waals surface area contributed by atoms with Crippen LogP contribution in [-0.4, -0.2) is 29.5 Å². The molecule has 0 saturated carbocycles. The molecule has 0 spiro atoms. The molecule has 0 fully saturated rings. The second-order valence-corrected chi connectivity index (χ2v) is 5.87. The number of aliphatic imine (C=N–C) groups is 1. The monoisotopic (exact) mass is 467 g/mol. The summed E-state index contributed by atoms with van der Waals surface area (Å²) < 4.78 is 13.2. The summed E-state index contributed by atoms with van der Waals surface area (Å²) in [6, 6.07) is 8.79. The van der Waals surface area contributed by atoms with Crippen molar-refractivity contribution in [2.24, 2.45) is 4.99 Å².